The van der Waals surface area contributed by atoms with Crippen LogP contribution in [-0.4, -0.2) is 33.8 Å². The summed E-state index contributed by atoms with van der Waals surface area (Å²) in [7, 11) is 1.18. The van der Waals surface area contributed by atoms with Crippen molar-refractivity contribution in [1.29, 1.82) is 0 Å². The highest BCUT2D eigenvalue weighted by atomic mass is 32.2. The van der Waals surface area contributed by atoms with Gasteiger partial charge in [-0.05, 0) is 67.2 Å². The summed E-state index contributed by atoms with van der Waals surface area (Å²) < 4.78 is 17.5. The average Bonchev–Trinajstić information content (AvgIpc) is 3.10. The van der Waals surface area contributed by atoms with Crippen molar-refractivity contribution in [2.24, 2.45) is 17.3 Å². The number of carbonyl (C=O) groups is 1. The molecule has 1 saturated carbocycles. The summed E-state index contributed by atoms with van der Waals surface area (Å²) in [4.78, 5) is 14.1. The van der Waals surface area contributed by atoms with Crippen LogP contribution in [0.2, 0.25) is 18.1 Å². The quantitative estimate of drug-likeness (QED) is 0.349. The molecule has 0 saturated heterocycles. The van der Waals surface area contributed by atoms with Crippen LogP contribution in [0.25, 0.3) is 0 Å². The molecule has 4 atom stereocenters. The maximum atomic E-state index is 13.0. The average molecular weight is 463 g/mol. The summed E-state index contributed by atoms with van der Waals surface area (Å²) >= 11 is 1.72. The lowest BCUT2D eigenvalue weighted by molar-refractivity contribution is -0.149. The molecule has 0 heterocycles. The van der Waals surface area contributed by atoms with E-state index in [2.05, 4.69) is 59.0 Å². The zero-order valence-corrected chi connectivity index (χ0v) is 22.1. The van der Waals surface area contributed by atoms with Gasteiger partial charge in [-0.25, -0.2) is 0 Å². The molecule has 0 aromatic heterocycles. The molecule has 1 aromatic rings. The minimum atomic E-state index is -2.00. The van der Waals surface area contributed by atoms with Crippen LogP contribution in [0.1, 0.15) is 47.0 Å². The highest BCUT2D eigenvalue weighted by Crippen LogP contribution is 2.59. The van der Waals surface area contributed by atoms with Crippen molar-refractivity contribution < 1.29 is 18.7 Å². The molecule has 6 heteroatoms. The highest BCUT2D eigenvalue weighted by molar-refractivity contribution is 8.00. The van der Waals surface area contributed by atoms with Crippen LogP contribution >= 0.6 is 11.8 Å². The van der Waals surface area contributed by atoms with E-state index >= 15 is 0 Å². The fourth-order valence-corrected chi connectivity index (χ4v) is 7.08. The minimum Gasteiger partial charge on any atom is -0.546 e. The smallest absolute Gasteiger partial charge is 0.310 e. The number of methoxy groups -OCH3 is 2. The zero-order valence-electron chi connectivity index (χ0n) is 20.3. The van der Waals surface area contributed by atoms with Crippen molar-refractivity contribution in [3.05, 3.63) is 36.1 Å². The van der Waals surface area contributed by atoms with Crippen molar-refractivity contribution in [3.8, 4) is 5.75 Å². The van der Waals surface area contributed by atoms with Gasteiger partial charge in [-0.3, -0.25) is 4.79 Å². The lowest BCUT2D eigenvalue weighted by Crippen LogP contribution is -2.48. The van der Waals surface area contributed by atoms with Gasteiger partial charge < -0.3 is 13.9 Å². The first kappa shape index (κ1) is 24.2. The lowest BCUT2D eigenvalue weighted by Gasteiger charge is -2.48. The molecule has 0 aliphatic heterocycles. The second-order valence-electron chi connectivity index (χ2n) is 10.6. The number of benzene rings is 1. The Morgan fingerprint density at radius 1 is 1.16 bits per heavy atom. The number of fused-ring (bicyclic) bond motifs is 1. The number of hydrogen-bond donors (Lipinski definition) is 0. The Morgan fingerprint density at radius 3 is 2.35 bits per heavy atom. The molecule has 0 unspecified atom stereocenters. The molecule has 1 aromatic carbocycles. The van der Waals surface area contributed by atoms with Gasteiger partial charge in [0.05, 0.1) is 25.9 Å². The maximum Gasteiger partial charge on any atom is 0.310 e. The number of ether oxygens (including phenoxy) is 2. The van der Waals surface area contributed by atoms with E-state index in [9.17, 15) is 4.79 Å². The highest BCUT2D eigenvalue weighted by Gasteiger charge is 2.56. The van der Waals surface area contributed by atoms with Gasteiger partial charge >= 0.3 is 5.97 Å². The molecule has 172 valence electrons. The largest absolute Gasteiger partial charge is 0.546 e. The zero-order chi connectivity index (χ0) is 23.0. The Balaban J connectivity index is 2.02. The van der Waals surface area contributed by atoms with Gasteiger partial charge in [0.1, 0.15) is 5.75 Å². The SMILES string of the molecule is COC(=O)[C@H]1[C@@H](Sc2ccc(OC)cc2)C=C(O[Si](C)(C)C(C)(C)C)[C@@]2(C)CCC[C@H]12. The van der Waals surface area contributed by atoms with E-state index in [1.54, 1.807) is 18.9 Å². The molecule has 0 radical (unpaired) electrons. The first-order valence-corrected chi connectivity index (χ1v) is 15.0. The van der Waals surface area contributed by atoms with E-state index in [0.29, 0.717) is 0 Å². The van der Waals surface area contributed by atoms with Crippen molar-refractivity contribution >= 4 is 26.0 Å². The molecule has 4 nitrogen and oxygen atoms in total. The number of esters is 1. The number of thioether (sulfide) groups is 1. The summed E-state index contributed by atoms with van der Waals surface area (Å²) in [5, 5.41) is 0.104. The van der Waals surface area contributed by atoms with E-state index in [1.807, 2.05) is 12.1 Å². The maximum absolute atomic E-state index is 13.0. The van der Waals surface area contributed by atoms with Crippen LogP contribution in [0, 0.1) is 17.3 Å². The molecular formula is C25H38O4SSi. The Morgan fingerprint density at radius 2 is 1.81 bits per heavy atom. The van der Waals surface area contributed by atoms with E-state index in [4.69, 9.17) is 13.9 Å². The Labute approximate surface area is 193 Å². The van der Waals surface area contributed by atoms with Gasteiger partial charge in [0.25, 0.3) is 0 Å². The molecule has 0 spiro atoms. The van der Waals surface area contributed by atoms with Gasteiger partial charge in [-0.2, -0.15) is 0 Å². The van der Waals surface area contributed by atoms with E-state index in [0.717, 1.165) is 35.7 Å². The Hall–Kier alpha value is -1.40. The summed E-state index contributed by atoms with van der Waals surface area (Å²) in [5.74, 6) is 1.90. The fourth-order valence-electron chi connectivity index (χ4n) is 4.68. The molecule has 0 amide bonds. The van der Waals surface area contributed by atoms with Crippen LogP contribution in [0.3, 0.4) is 0 Å². The number of hydrogen-bond acceptors (Lipinski definition) is 5. The normalized spacial score (nSPS) is 28.5. The van der Waals surface area contributed by atoms with Gasteiger partial charge in [-0.1, -0.05) is 34.1 Å². The third kappa shape index (κ3) is 4.70. The van der Waals surface area contributed by atoms with Gasteiger partial charge in [0.15, 0.2) is 0 Å². The van der Waals surface area contributed by atoms with E-state index < -0.39 is 8.32 Å². The molecule has 31 heavy (non-hydrogen) atoms. The van der Waals surface area contributed by atoms with Crippen LogP contribution in [0.4, 0.5) is 0 Å². The second kappa shape index (κ2) is 8.85. The van der Waals surface area contributed by atoms with E-state index in [-0.39, 0.29) is 33.5 Å². The van der Waals surface area contributed by atoms with Crippen molar-refractivity contribution in [3.63, 3.8) is 0 Å². The first-order chi connectivity index (χ1) is 14.4. The third-order valence-corrected chi connectivity index (χ3v) is 13.3. The first-order valence-electron chi connectivity index (χ1n) is 11.2. The summed E-state index contributed by atoms with van der Waals surface area (Å²) in [5.41, 5.74) is -0.106. The summed E-state index contributed by atoms with van der Waals surface area (Å²) in [6.45, 7) is 13.7. The Bertz CT molecular complexity index is 827. The molecule has 2 aliphatic carbocycles. The predicted molar refractivity (Wildman–Crippen MR) is 130 cm³/mol. The number of allylic oxidation sites excluding steroid dienone is 1. The standard InChI is InChI=1S/C25H38O4SSi/c1-24(2,3)31(7,8)29-21-16-20(30-18-13-11-17(27-5)12-14-18)22(23(26)28-6)19-10-9-15-25(19,21)4/h11-14,16,19-20,22H,9-10,15H2,1-8H3/t19-,20+,22-,25+/m1/s1. The summed E-state index contributed by atoms with van der Waals surface area (Å²) in [6, 6.07) is 8.05. The Kier molecular flexibility index (Phi) is 6.92. The number of rotatable bonds is 6. The molecule has 2 aliphatic rings. The molecule has 0 bridgehead atoms. The van der Waals surface area contributed by atoms with Crippen LogP contribution in [-0.2, 0) is 14.0 Å². The van der Waals surface area contributed by atoms with Crippen molar-refractivity contribution in [1.82, 2.24) is 0 Å². The molecule has 3 rings (SSSR count). The fraction of sp³-hybridized carbons (Fsp3) is 0.640. The van der Waals surface area contributed by atoms with Crippen LogP contribution < -0.4 is 4.74 Å². The van der Waals surface area contributed by atoms with E-state index in [1.165, 1.54) is 7.11 Å². The van der Waals surface area contributed by atoms with Crippen LogP contribution in [0.5, 0.6) is 5.75 Å². The predicted octanol–water partition coefficient (Wildman–Crippen LogP) is 6.67. The second-order valence-corrected chi connectivity index (χ2v) is 16.6. The number of carbonyl (C=O) groups excluding carboxylic acids is 1. The van der Waals surface area contributed by atoms with Gasteiger partial charge in [0.2, 0.25) is 8.32 Å². The van der Waals surface area contributed by atoms with Gasteiger partial charge in [0, 0.05) is 15.6 Å². The topological polar surface area (TPSA) is 44.8 Å². The van der Waals surface area contributed by atoms with Crippen LogP contribution in [0.15, 0.2) is 41.0 Å². The van der Waals surface area contributed by atoms with Gasteiger partial charge in [-0.15, -0.1) is 11.8 Å². The van der Waals surface area contributed by atoms with Crippen molar-refractivity contribution in [2.75, 3.05) is 14.2 Å². The third-order valence-electron chi connectivity index (χ3n) is 7.67. The molecule has 1 fully saturated rings. The lowest BCUT2D eigenvalue weighted by atomic mass is 9.67. The summed E-state index contributed by atoms with van der Waals surface area (Å²) in [6.07, 6.45) is 5.46. The minimum absolute atomic E-state index is 0.0169. The monoisotopic (exact) mass is 462 g/mol. The molecular weight excluding hydrogens is 424 g/mol. The molecule has 0 N–H and O–H groups in total. The van der Waals surface area contributed by atoms with Crippen molar-refractivity contribution in [2.45, 2.75) is 75.2 Å².